The Balaban J connectivity index is 1.67. The van der Waals surface area contributed by atoms with Gasteiger partial charge in [0, 0.05) is 18.3 Å². The van der Waals surface area contributed by atoms with Crippen LogP contribution in [0.4, 0.5) is 10.1 Å². The third kappa shape index (κ3) is 4.86. The van der Waals surface area contributed by atoms with Crippen molar-refractivity contribution in [3.63, 3.8) is 0 Å². The number of likely N-dealkylation sites (N-methyl/N-ethyl adjacent to an activating group) is 1. The lowest BCUT2D eigenvalue weighted by Crippen LogP contribution is -2.36. The fraction of sp³-hybridized carbons (Fsp3) is 0.227. The number of nitrogens with one attached hydrogen (secondary N) is 1. The molecule has 2 aromatic carbocycles. The molecule has 156 valence electrons. The molecule has 0 bridgehead atoms. The summed E-state index contributed by atoms with van der Waals surface area (Å²) in [5, 5.41) is 7.61. The Labute approximate surface area is 179 Å². The number of anilines is 1. The summed E-state index contributed by atoms with van der Waals surface area (Å²) >= 11 is 6.05. The zero-order valence-corrected chi connectivity index (χ0v) is 17.7. The van der Waals surface area contributed by atoms with Crippen molar-refractivity contribution < 1.29 is 14.0 Å². The van der Waals surface area contributed by atoms with Gasteiger partial charge in [-0.2, -0.15) is 5.10 Å². The Morgan fingerprint density at radius 2 is 1.80 bits per heavy atom. The number of para-hydroxylation sites is 1. The smallest absolute Gasteiger partial charge is 0.244 e. The molecule has 0 aliphatic heterocycles. The molecule has 2 amide bonds. The van der Waals surface area contributed by atoms with Gasteiger partial charge in [0.15, 0.2) is 0 Å². The number of rotatable bonds is 6. The monoisotopic (exact) mass is 428 g/mol. The SMILES string of the molecule is Cc1nn(-c2ccc(F)cc2)c(C)c1CC(=O)N(C)CC(=O)Nc1ccccc1Cl. The lowest BCUT2D eigenvalue weighted by molar-refractivity contribution is -0.132. The average molecular weight is 429 g/mol. The topological polar surface area (TPSA) is 67.2 Å². The van der Waals surface area contributed by atoms with Crippen LogP contribution in [0.2, 0.25) is 5.02 Å². The van der Waals surface area contributed by atoms with Crippen LogP contribution in [-0.2, 0) is 16.0 Å². The van der Waals surface area contributed by atoms with Gasteiger partial charge in [0.1, 0.15) is 5.82 Å². The molecule has 0 saturated carbocycles. The summed E-state index contributed by atoms with van der Waals surface area (Å²) in [4.78, 5) is 26.3. The van der Waals surface area contributed by atoms with E-state index in [0.717, 1.165) is 11.3 Å². The molecule has 1 heterocycles. The highest BCUT2D eigenvalue weighted by Gasteiger charge is 2.20. The highest BCUT2D eigenvalue weighted by Crippen LogP contribution is 2.21. The van der Waals surface area contributed by atoms with E-state index < -0.39 is 0 Å². The van der Waals surface area contributed by atoms with E-state index >= 15 is 0 Å². The number of hydrogen-bond donors (Lipinski definition) is 1. The average Bonchev–Trinajstić information content (AvgIpc) is 2.98. The van der Waals surface area contributed by atoms with Crippen LogP contribution < -0.4 is 5.32 Å². The van der Waals surface area contributed by atoms with E-state index in [1.54, 1.807) is 48.1 Å². The van der Waals surface area contributed by atoms with Gasteiger partial charge in [0.2, 0.25) is 11.8 Å². The van der Waals surface area contributed by atoms with Gasteiger partial charge >= 0.3 is 0 Å². The van der Waals surface area contributed by atoms with Gasteiger partial charge < -0.3 is 10.2 Å². The summed E-state index contributed by atoms with van der Waals surface area (Å²) in [5.41, 5.74) is 3.49. The van der Waals surface area contributed by atoms with Crippen LogP contribution in [0.3, 0.4) is 0 Å². The van der Waals surface area contributed by atoms with Crippen molar-refractivity contribution in [1.82, 2.24) is 14.7 Å². The highest BCUT2D eigenvalue weighted by molar-refractivity contribution is 6.33. The largest absolute Gasteiger partial charge is 0.336 e. The first-order valence-corrected chi connectivity index (χ1v) is 9.73. The summed E-state index contributed by atoms with van der Waals surface area (Å²) in [6.45, 7) is 3.57. The Morgan fingerprint density at radius 1 is 1.13 bits per heavy atom. The van der Waals surface area contributed by atoms with Gasteiger partial charge in [-0.05, 0) is 50.2 Å². The summed E-state index contributed by atoms with van der Waals surface area (Å²) in [6.07, 6.45) is 0.106. The van der Waals surface area contributed by atoms with E-state index in [1.807, 2.05) is 13.8 Å². The Hall–Kier alpha value is -3.19. The molecule has 0 atom stereocenters. The molecule has 0 spiro atoms. The van der Waals surface area contributed by atoms with E-state index in [0.29, 0.717) is 22.1 Å². The lowest BCUT2D eigenvalue weighted by atomic mass is 10.1. The normalized spacial score (nSPS) is 10.7. The maximum absolute atomic E-state index is 13.2. The minimum Gasteiger partial charge on any atom is -0.336 e. The van der Waals surface area contributed by atoms with Crippen LogP contribution in [0, 0.1) is 19.7 Å². The first-order chi connectivity index (χ1) is 14.3. The van der Waals surface area contributed by atoms with Crippen LogP contribution >= 0.6 is 11.6 Å². The van der Waals surface area contributed by atoms with Crippen molar-refractivity contribution >= 4 is 29.1 Å². The number of carbonyl (C=O) groups excluding carboxylic acids is 2. The van der Waals surface area contributed by atoms with Gasteiger partial charge in [-0.25, -0.2) is 9.07 Å². The van der Waals surface area contributed by atoms with Crippen molar-refractivity contribution in [3.8, 4) is 5.69 Å². The number of benzene rings is 2. The predicted octanol–water partition coefficient (Wildman–Crippen LogP) is 3.92. The van der Waals surface area contributed by atoms with Crippen LogP contribution in [0.1, 0.15) is 17.0 Å². The number of hydrogen-bond acceptors (Lipinski definition) is 3. The summed E-state index contributed by atoms with van der Waals surface area (Å²) in [7, 11) is 1.57. The summed E-state index contributed by atoms with van der Waals surface area (Å²) < 4.78 is 14.9. The molecule has 0 unspecified atom stereocenters. The molecule has 0 aliphatic rings. The zero-order chi connectivity index (χ0) is 21.8. The maximum atomic E-state index is 13.2. The molecule has 3 aromatic rings. The molecule has 0 aliphatic carbocycles. The standard InChI is InChI=1S/C22H22ClFN4O2/c1-14-18(15(2)28(26-14)17-10-8-16(24)9-11-17)12-22(30)27(3)13-21(29)25-20-7-5-4-6-19(20)23/h4-11H,12-13H2,1-3H3,(H,25,29). The van der Waals surface area contributed by atoms with Crippen LogP contribution in [0.15, 0.2) is 48.5 Å². The molecule has 6 nitrogen and oxygen atoms in total. The highest BCUT2D eigenvalue weighted by atomic mass is 35.5. The molecule has 1 aromatic heterocycles. The van der Waals surface area contributed by atoms with Crippen LogP contribution in [0.25, 0.3) is 5.69 Å². The molecule has 3 rings (SSSR count). The van der Waals surface area contributed by atoms with Gasteiger partial charge in [-0.1, -0.05) is 23.7 Å². The molecule has 30 heavy (non-hydrogen) atoms. The van der Waals surface area contributed by atoms with Gasteiger partial charge in [0.05, 0.1) is 35.1 Å². The molecular formula is C22H22ClFN4O2. The lowest BCUT2D eigenvalue weighted by Gasteiger charge is -2.17. The minimum absolute atomic E-state index is 0.103. The third-order valence-corrected chi connectivity index (χ3v) is 5.12. The van der Waals surface area contributed by atoms with Gasteiger partial charge in [-0.3, -0.25) is 9.59 Å². The second-order valence-corrected chi connectivity index (χ2v) is 7.40. The minimum atomic E-state index is -0.339. The number of nitrogens with zero attached hydrogens (tertiary/aromatic N) is 3. The van der Waals surface area contributed by atoms with Crippen molar-refractivity contribution in [2.75, 3.05) is 18.9 Å². The predicted molar refractivity (Wildman–Crippen MR) is 114 cm³/mol. The fourth-order valence-corrected chi connectivity index (χ4v) is 3.29. The zero-order valence-electron chi connectivity index (χ0n) is 16.9. The Bertz CT molecular complexity index is 1080. The molecule has 0 saturated heterocycles. The first kappa shape index (κ1) is 21.5. The second kappa shape index (κ2) is 9.09. The number of aryl methyl sites for hydroxylation is 1. The van der Waals surface area contributed by atoms with E-state index in [4.69, 9.17) is 11.6 Å². The van der Waals surface area contributed by atoms with Crippen LogP contribution in [-0.4, -0.2) is 40.1 Å². The number of carbonyl (C=O) groups is 2. The molecule has 1 N–H and O–H groups in total. The third-order valence-electron chi connectivity index (χ3n) is 4.79. The van der Waals surface area contributed by atoms with E-state index in [-0.39, 0.29) is 30.6 Å². The van der Waals surface area contributed by atoms with E-state index in [2.05, 4.69) is 10.4 Å². The van der Waals surface area contributed by atoms with Crippen molar-refractivity contribution in [1.29, 1.82) is 0 Å². The summed E-state index contributed by atoms with van der Waals surface area (Å²) in [5.74, 6) is -0.879. The molecular weight excluding hydrogens is 407 g/mol. The molecule has 0 fully saturated rings. The maximum Gasteiger partial charge on any atom is 0.244 e. The van der Waals surface area contributed by atoms with Crippen molar-refractivity contribution in [2.45, 2.75) is 20.3 Å². The van der Waals surface area contributed by atoms with Crippen molar-refractivity contribution in [2.24, 2.45) is 0 Å². The number of aromatic nitrogens is 2. The fourth-order valence-electron chi connectivity index (χ4n) is 3.11. The van der Waals surface area contributed by atoms with Gasteiger partial charge in [-0.15, -0.1) is 0 Å². The Morgan fingerprint density at radius 3 is 2.47 bits per heavy atom. The number of halogens is 2. The summed E-state index contributed by atoms with van der Waals surface area (Å²) in [6, 6.07) is 12.9. The van der Waals surface area contributed by atoms with Crippen molar-refractivity contribution in [3.05, 3.63) is 76.3 Å². The van der Waals surface area contributed by atoms with Gasteiger partial charge in [0.25, 0.3) is 0 Å². The first-order valence-electron chi connectivity index (χ1n) is 9.35. The number of amides is 2. The quantitative estimate of drug-likeness (QED) is 0.647. The van der Waals surface area contributed by atoms with Crippen LogP contribution in [0.5, 0.6) is 0 Å². The Kier molecular flexibility index (Phi) is 6.52. The van der Waals surface area contributed by atoms with E-state index in [9.17, 15) is 14.0 Å². The van der Waals surface area contributed by atoms with E-state index in [1.165, 1.54) is 17.0 Å². The second-order valence-electron chi connectivity index (χ2n) is 6.99. The molecule has 8 heteroatoms. The molecule has 0 radical (unpaired) electrons.